The molecule has 0 aliphatic rings. The lowest BCUT2D eigenvalue weighted by Crippen LogP contribution is -2.27. The van der Waals surface area contributed by atoms with Gasteiger partial charge in [-0.05, 0) is 34.4 Å². The Morgan fingerprint density at radius 3 is 2.12 bits per heavy atom. The second-order valence-corrected chi connectivity index (χ2v) is 6.39. The van der Waals surface area contributed by atoms with E-state index in [0.717, 1.165) is 27.9 Å². The Labute approximate surface area is 153 Å². The number of hydrogen-bond acceptors (Lipinski definition) is 3. The van der Waals surface area contributed by atoms with Crippen LogP contribution in [0.5, 0.6) is 0 Å². The number of nitrogens with zero attached hydrogens (tertiary/aromatic N) is 1. The first-order valence-corrected chi connectivity index (χ1v) is 8.47. The van der Waals surface area contributed by atoms with E-state index >= 15 is 0 Å². The third-order valence-corrected chi connectivity index (χ3v) is 4.45. The van der Waals surface area contributed by atoms with Crippen LogP contribution in [0.4, 0.5) is 5.69 Å². The fourth-order valence-electron chi connectivity index (χ4n) is 3.04. The second kappa shape index (κ2) is 7.85. The van der Waals surface area contributed by atoms with E-state index in [-0.39, 0.29) is 0 Å². The van der Waals surface area contributed by atoms with Crippen LogP contribution in [-0.4, -0.2) is 25.2 Å². The lowest BCUT2D eigenvalue weighted by Gasteiger charge is -2.17. The standard InChI is InChI=1S/C22H22N2O2/c1-24(2)20-10-6-9-19(15-20)16-11-13-18(14-12-16)21(22(25)23-26)17-7-4-3-5-8-17/h3-15,21,26H,1-2H3,(H,23,25). The number of benzene rings is 3. The molecule has 0 fully saturated rings. The van der Waals surface area contributed by atoms with Crippen LogP contribution < -0.4 is 10.4 Å². The normalized spacial score (nSPS) is 11.7. The molecule has 0 heterocycles. The van der Waals surface area contributed by atoms with Crippen molar-refractivity contribution in [1.82, 2.24) is 5.48 Å². The Morgan fingerprint density at radius 2 is 1.50 bits per heavy atom. The molecule has 0 aliphatic carbocycles. The molecule has 0 saturated carbocycles. The van der Waals surface area contributed by atoms with Gasteiger partial charge in [-0.2, -0.15) is 0 Å². The van der Waals surface area contributed by atoms with Crippen molar-refractivity contribution < 1.29 is 10.0 Å². The summed E-state index contributed by atoms with van der Waals surface area (Å²) in [6.07, 6.45) is 0. The monoisotopic (exact) mass is 346 g/mol. The molecule has 1 unspecified atom stereocenters. The second-order valence-electron chi connectivity index (χ2n) is 6.39. The summed E-state index contributed by atoms with van der Waals surface area (Å²) in [7, 11) is 4.03. The number of carbonyl (C=O) groups is 1. The molecule has 4 heteroatoms. The minimum Gasteiger partial charge on any atom is -0.378 e. The van der Waals surface area contributed by atoms with Gasteiger partial charge < -0.3 is 4.90 Å². The van der Waals surface area contributed by atoms with Crippen LogP contribution in [0, 0.1) is 0 Å². The molecule has 4 nitrogen and oxygen atoms in total. The van der Waals surface area contributed by atoms with Crippen molar-refractivity contribution in [2.24, 2.45) is 0 Å². The average Bonchev–Trinajstić information content (AvgIpc) is 2.69. The fourth-order valence-corrected chi connectivity index (χ4v) is 3.04. The van der Waals surface area contributed by atoms with E-state index in [1.165, 1.54) is 0 Å². The average molecular weight is 346 g/mol. The van der Waals surface area contributed by atoms with Gasteiger partial charge >= 0.3 is 0 Å². The third-order valence-electron chi connectivity index (χ3n) is 4.45. The van der Waals surface area contributed by atoms with Crippen molar-refractivity contribution in [3.05, 3.63) is 90.0 Å². The highest BCUT2D eigenvalue weighted by Crippen LogP contribution is 2.29. The summed E-state index contributed by atoms with van der Waals surface area (Å²) in [6.45, 7) is 0. The van der Waals surface area contributed by atoms with E-state index in [9.17, 15) is 4.79 Å². The molecule has 2 N–H and O–H groups in total. The van der Waals surface area contributed by atoms with Crippen molar-refractivity contribution >= 4 is 11.6 Å². The molecule has 0 aliphatic heterocycles. The molecule has 1 atom stereocenters. The summed E-state index contributed by atoms with van der Waals surface area (Å²) in [6, 6.07) is 25.6. The molecule has 0 saturated heterocycles. The van der Waals surface area contributed by atoms with Crippen LogP contribution in [0.15, 0.2) is 78.9 Å². The van der Waals surface area contributed by atoms with Gasteiger partial charge in [0.25, 0.3) is 5.91 Å². The first kappa shape index (κ1) is 17.7. The molecule has 0 radical (unpaired) electrons. The topological polar surface area (TPSA) is 52.6 Å². The maximum Gasteiger partial charge on any atom is 0.255 e. The minimum atomic E-state index is -0.552. The molecule has 26 heavy (non-hydrogen) atoms. The van der Waals surface area contributed by atoms with Crippen LogP contribution in [-0.2, 0) is 4.79 Å². The zero-order valence-corrected chi connectivity index (χ0v) is 14.9. The molecule has 0 aromatic heterocycles. The predicted octanol–water partition coefficient (Wildman–Crippen LogP) is 4.06. The minimum absolute atomic E-state index is 0.446. The van der Waals surface area contributed by atoms with Crippen molar-refractivity contribution in [2.75, 3.05) is 19.0 Å². The maximum atomic E-state index is 12.2. The van der Waals surface area contributed by atoms with Gasteiger partial charge in [-0.1, -0.05) is 66.7 Å². The Balaban J connectivity index is 1.95. The lowest BCUT2D eigenvalue weighted by molar-refractivity contribution is -0.129. The van der Waals surface area contributed by atoms with Crippen molar-refractivity contribution in [3.63, 3.8) is 0 Å². The number of hydroxylamine groups is 1. The molecule has 0 bridgehead atoms. The molecule has 1 amide bonds. The molecule has 3 rings (SSSR count). The Hall–Kier alpha value is -3.11. The number of rotatable bonds is 5. The number of anilines is 1. The van der Waals surface area contributed by atoms with Gasteiger partial charge in [-0.15, -0.1) is 0 Å². The molecule has 132 valence electrons. The summed E-state index contributed by atoms with van der Waals surface area (Å²) in [5.41, 5.74) is 6.77. The highest BCUT2D eigenvalue weighted by Gasteiger charge is 2.22. The largest absolute Gasteiger partial charge is 0.378 e. The first-order valence-electron chi connectivity index (χ1n) is 8.47. The van der Waals surface area contributed by atoms with E-state index in [0.29, 0.717) is 0 Å². The molecule has 0 spiro atoms. The van der Waals surface area contributed by atoms with E-state index in [4.69, 9.17) is 5.21 Å². The summed E-state index contributed by atoms with van der Waals surface area (Å²) < 4.78 is 0. The number of carbonyl (C=O) groups excluding carboxylic acids is 1. The van der Waals surface area contributed by atoms with E-state index in [2.05, 4.69) is 23.1 Å². The Morgan fingerprint density at radius 1 is 0.846 bits per heavy atom. The van der Waals surface area contributed by atoms with Gasteiger partial charge in [-0.25, -0.2) is 5.48 Å². The number of nitrogens with one attached hydrogen (secondary N) is 1. The maximum absolute atomic E-state index is 12.2. The van der Waals surface area contributed by atoms with Crippen LogP contribution in [0.3, 0.4) is 0 Å². The van der Waals surface area contributed by atoms with Crippen LogP contribution >= 0.6 is 0 Å². The fraction of sp³-hybridized carbons (Fsp3) is 0.136. The highest BCUT2D eigenvalue weighted by molar-refractivity contribution is 5.86. The smallest absolute Gasteiger partial charge is 0.255 e. The highest BCUT2D eigenvalue weighted by atomic mass is 16.5. The summed E-state index contributed by atoms with van der Waals surface area (Å²) >= 11 is 0. The summed E-state index contributed by atoms with van der Waals surface area (Å²) in [5, 5.41) is 9.14. The zero-order valence-electron chi connectivity index (χ0n) is 14.9. The molecular weight excluding hydrogens is 324 g/mol. The zero-order chi connectivity index (χ0) is 18.5. The molecule has 3 aromatic carbocycles. The van der Waals surface area contributed by atoms with Crippen LogP contribution in [0.2, 0.25) is 0 Å². The van der Waals surface area contributed by atoms with Gasteiger partial charge in [0.2, 0.25) is 0 Å². The van der Waals surface area contributed by atoms with Gasteiger partial charge in [0.05, 0.1) is 5.92 Å². The predicted molar refractivity (Wildman–Crippen MR) is 104 cm³/mol. The Bertz CT molecular complexity index is 874. The third kappa shape index (κ3) is 3.76. The van der Waals surface area contributed by atoms with Gasteiger partial charge in [0.15, 0.2) is 0 Å². The van der Waals surface area contributed by atoms with Crippen LogP contribution in [0.25, 0.3) is 11.1 Å². The summed E-state index contributed by atoms with van der Waals surface area (Å²) in [5.74, 6) is -0.998. The van der Waals surface area contributed by atoms with Crippen molar-refractivity contribution in [2.45, 2.75) is 5.92 Å². The van der Waals surface area contributed by atoms with E-state index < -0.39 is 11.8 Å². The first-order chi connectivity index (χ1) is 12.6. The number of amides is 1. The lowest BCUT2D eigenvalue weighted by atomic mass is 9.89. The number of hydrogen-bond donors (Lipinski definition) is 2. The SMILES string of the molecule is CN(C)c1cccc(-c2ccc(C(C(=O)NO)c3ccccc3)cc2)c1. The molecule has 3 aromatic rings. The van der Waals surface area contributed by atoms with Crippen molar-refractivity contribution in [1.29, 1.82) is 0 Å². The quantitative estimate of drug-likeness (QED) is 0.541. The Kier molecular flexibility index (Phi) is 5.34. The van der Waals surface area contributed by atoms with Gasteiger partial charge in [0.1, 0.15) is 0 Å². The van der Waals surface area contributed by atoms with Gasteiger partial charge in [-0.3, -0.25) is 10.0 Å². The van der Waals surface area contributed by atoms with E-state index in [1.54, 1.807) is 5.48 Å². The van der Waals surface area contributed by atoms with Crippen LogP contribution in [0.1, 0.15) is 17.0 Å². The summed E-state index contributed by atoms with van der Waals surface area (Å²) in [4.78, 5) is 14.3. The van der Waals surface area contributed by atoms with Gasteiger partial charge in [0, 0.05) is 19.8 Å². The van der Waals surface area contributed by atoms with E-state index in [1.807, 2.05) is 74.8 Å². The molecular formula is C22H22N2O2. The van der Waals surface area contributed by atoms with Crippen molar-refractivity contribution in [3.8, 4) is 11.1 Å².